The summed E-state index contributed by atoms with van der Waals surface area (Å²) >= 11 is 0. The molecule has 1 unspecified atom stereocenters. The molecule has 1 rings (SSSR count). The lowest BCUT2D eigenvalue weighted by Gasteiger charge is -2.20. The predicted molar refractivity (Wildman–Crippen MR) is 62.6 cm³/mol. The van der Waals surface area contributed by atoms with Crippen LogP contribution < -0.4 is 5.32 Å². The molecule has 0 saturated carbocycles. The molecule has 0 aliphatic rings. The number of carboxylic acid groups (broad SMARTS) is 1. The number of carboxylic acids is 1. The molecule has 0 aliphatic carbocycles. The Morgan fingerprint density at radius 3 is 2.47 bits per heavy atom. The van der Waals surface area contributed by atoms with Crippen molar-refractivity contribution in [3.8, 4) is 0 Å². The van der Waals surface area contributed by atoms with Crippen molar-refractivity contribution >= 4 is 11.9 Å². The molecule has 0 saturated heterocycles. The van der Waals surface area contributed by atoms with E-state index in [4.69, 9.17) is 5.11 Å². The van der Waals surface area contributed by atoms with Crippen molar-refractivity contribution in [3.63, 3.8) is 0 Å². The zero-order valence-electron chi connectivity index (χ0n) is 9.88. The Bertz CT molecular complexity index is 392. The van der Waals surface area contributed by atoms with Crippen LogP contribution in [0.15, 0.2) is 24.5 Å². The molecule has 5 heteroatoms. The maximum Gasteiger partial charge on any atom is 0.326 e. The Kier molecular flexibility index (Phi) is 4.63. The number of carbonyl (C=O) groups excluding carboxylic acids is 1. The van der Waals surface area contributed by atoms with E-state index in [1.165, 1.54) is 12.4 Å². The highest BCUT2D eigenvalue weighted by molar-refractivity contribution is 5.96. The third-order valence-corrected chi connectivity index (χ3v) is 2.71. The van der Waals surface area contributed by atoms with Gasteiger partial charge in [0.1, 0.15) is 6.04 Å². The zero-order chi connectivity index (χ0) is 12.8. The lowest BCUT2D eigenvalue weighted by Crippen LogP contribution is -2.45. The van der Waals surface area contributed by atoms with E-state index in [-0.39, 0.29) is 11.8 Å². The highest BCUT2D eigenvalue weighted by Crippen LogP contribution is 2.09. The van der Waals surface area contributed by atoms with Crippen molar-refractivity contribution < 1.29 is 14.7 Å². The number of carbonyl (C=O) groups is 2. The number of pyridine rings is 1. The fourth-order valence-corrected chi connectivity index (χ4v) is 1.41. The number of hydrogen-bond acceptors (Lipinski definition) is 3. The fourth-order valence-electron chi connectivity index (χ4n) is 1.41. The van der Waals surface area contributed by atoms with E-state index in [0.717, 1.165) is 0 Å². The second-order valence-electron chi connectivity index (χ2n) is 3.91. The number of rotatable bonds is 5. The van der Waals surface area contributed by atoms with Gasteiger partial charge in [0.15, 0.2) is 0 Å². The quantitative estimate of drug-likeness (QED) is 0.807. The fraction of sp³-hybridized carbons (Fsp3) is 0.417. The van der Waals surface area contributed by atoms with E-state index in [9.17, 15) is 9.59 Å². The molecule has 1 aromatic heterocycles. The molecule has 0 aromatic carbocycles. The lowest BCUT2D eigenvalue weighted by atomic mass is 9.99. The van der Waals surface area contributed by atoms with E-state index < -0.39 is 12.0 Å². The minimum atomic E-state index is -1.01. The molecule has 17 heavy (non-hydrogen) atoms. The molecule has 92 valence electrons. The first kappa shape index (κ1) is 13.2. The first-order valence-electron chi connectivity index (χ1n) is 5.50. The molecular weight excluding hydrogens is 220 g/mol. The Labute approximate surface area is 99.9 Å². The van der Waals surface area contributed by atoms with Crippen molar-refractivity contribution in [2.24, 2.45) is 5.92 Å². The van der Waals surface area contributed by atoms with Crippen LogP contribution in [0.25, 0.3) is 0 Å². The predicted octanol–water partition coefficient (Wildman–Crippen LogP) is 1.31. The van der Waals surface area contributed by atoms with Gasteiger partial charge in [-0.05, 0) is 18.1 Å². The van der Waals surface area contributed by atoms with Crippen LogP contribution in [0, 0.1) is 5.92 Å². The van der Waals surface area contributed by atoms with Gasteiger partial charge in [0, 0.05) is 18.0 Å². The molecule has 0 aliphatic heterocycles. The summed E-state index contributed by atoms with van der Waals surface area (Å²) in [4.78, 5) is 26.6. The van der Waals surface area contributed by atoms with E-state index in [1.54, 1.807) is 19.1 Å². The number of aliphatic carboxylic acids is 1. The van der Waals surface area contributed by atoms with Gasteiger partial charge in [-0.15, -0.1) is 0 Å². The maximum absolute atomic E-state index is 11.8. The van der Waals surface area contributed by atoms with Crippen molar-refractivity contribution in [3.05, 3.63) is 30.1 Å². The van der Waals surface area contributed by atoms with Crippen molar-refractivity contribution in [1.29, 1.82) is 0 Å². The minimum absolute atomic E-state index is 0.113. The highest BCUT2D eigenvalue weighted by Gasteiger charge is 2.25. The van der Waals surface area contributed by atoms with Gasteiger partial charge < -0.3 is 10.4 Å². The van der Waals surface area contributed by atoms with Gasteiger partial charge in [-0.3, -0.25) is 9.78 Å². The maximum atomic E-state index is 11.8. The molecule has 1 amide bonds. The number of hydrogen-bond donors (Lipinski definition) is 2. The summed E-state index contributed by atoms with van der Waals surface area (Å²) < 4.78 is 0. The van der Waals surface area contributed by atoms with E-state index in [2.05, 4.69) is 10.3 Å². The molecule has 1 heterocycles. The van der Waals surface area contributed by atoms with Gasteiger partial charge in [-0.2, -0.15) is 0 Å². The second kappa shape index (κ2) is 5.98. The van der Waals surface area contributed by atoms with Crippen molar-refractivity contribution in [2.45, 2.75) is 26.3 Å². The number of nitrogens with zero attached hydrogens (tertiary/aromatic N) is 1. The van der Waals surface area contributed by atoms with Crippen LogP contribution in [0.3, 0.4) is 0 Å². The van der Waals surface area contributed by atoms with Gasteiger partial charge in [0.25, 0.3) is 5.91 Å². The average Bonchev–Trinajstić information content (AvgIpc) is 2.35. The smallest absolute Gasteiger partial charge is 0.326 e. The monoisotopic (exact) mass is 236 g/mol. The summed E-state index contributed by atoms with van der Waals surface area (Å²) in [5, 5.41) is 11.6. The van der Waals surface area contributed by atoms with Crippen molar-refractivity contribution in [2.75, 3.05) is 0 Å². The zero-order valence-corrected chi connectivity index (χ0v) is 9.88. The number of nitrogens with one attached hydrogen (secondary N) is 1. The highest BCUT2D eigenvalue weighted by atomic mass is 16.4. The summed E-state index contributed by atoms with van der Waals surface area (Å²) in [5.74, 6) is -1.51. The molecule has 0 radical (unpaired) electrons. The van der Waals surface area contributed by atoms with Crippen molar-refractivity contribution in [1.82, 2.24) is 10.3 Å². The van der Waals surface area contributed by atoms with Crippen LogP contribution in [0.1, 0.15) is 30.6 Å². The second-order valence-corrected chi connectivity index (χ2v) is 3.91. The molecule has 0 spiro atoms. The lowest BCUT2D eigenvalue weighted by molar-refractivity contribution is -0.140. The minimum Gasteiger partial charge on any atom is -0.480 e. The van der Waals surface area contributed by atoms with E-state index in [0.29, 0.717) is 12.0 Å². The van der Waals surface area contributed by atoms with Crippen LogP contribution in [-0.4, -0.2) is 28.0 Å². The Hall–Kier alpha value is -1.91. The first-order valence-corrected chi connectivity index (χ1v) is 5.50. The molecule has 0 bridgehead atoms. The Morgan fingerprint density at radius 2 is 2.00 bits per heavy atom. The normalized spacial score (nSPS) is 13.8. The molecule has 2 N–H and O–H groups in total. The molecule has 1 aromatic rings. The topological polar surface area (TPSA) is 79.3 Å². The van der Waals surface area contributed by atoms with Crippen LogP contribution in [0.2, 0.25) is 0 Å². The molecular formula is C12H16N2O3. The number of amides is 1. The average molecular weight is 236 g/mol. The Morgan fingerprint density at radius 1 is 1.41 bits per heavy atom. The van der Waals surface area contributed by atoms with Crippen LogP contribution in [0.4, 0.5) is 0 Å². The van der Waals surface area contributed by atoms with Gasteiger partial charge in [-0.25, -0.2) is 4.79 Å². The van der Waals surface area contributed by atoms with Crippen LogP contribution in [0.5, 0.6) is 0 Å². The van der Waals surface area contributed by atoms with Gasteiger partial charge >= 0.3 is 5.97 Å². The van der Waals surface area contributed by atoms with Crippen LogP contribution in [-0.2, 0) is 4.79 Å². The third kappa shape index (κ3) is 3.55. The first-order chi connectivity index (χ1) is 8.06. The van der Waals surface area contributed by atoms with Gasteiger partial charge in [-0.1, -0.05) is 20.3 Å². The molecule has 0 fully saturated rings. The SMILES string of the molecule is CCC(C)[C@H](NC(=O)c1ccncc1)C(=O)O. The summed E-state index contributed by atoms with van der Waals surface area (Å²) in [6.07, 6.45) is 3.68. The summed E-state index contributed by atoms with van der Waals surface area (Å²) in [6, 6.07) is 2.23. The standard InChI is InChI=1S/C12H16N2O3/c1-3-8(2)10(12(16)17)14-11(15)9-4-6-13-7-5-9/h4-8,10H,3H2,1-2H3,(H,14,15)(H,16,17)/t8?,10-/m0/s1. The summed E-state index contributed by atoms with van der Waals surface area (Å²) in [5.41, 5.74) is 0.412. The summed E-state index contributed by atoms with van der Waals surface area (Å²) in [7, 11) is 0. The summed E-state index contributed by atoms with van der Waals surface area (Å²) in [6.45, 7) is 3.69. The molecule has 2 atom stereocenters. The molecule has 5 nitrogen and oxygen atoms in total. The van der Waals surface area contributed by atoms with Crippen LogP contribution >= 0.6 is 0 Å². The van der Waals surface area contributed by atoms with Gasteiger partial charge in [0.05, 0.1) is 0 Å². The largest absolute Gasteiger partial charge is 0.480 e. The number of aromatic nitrogens is 1. The Balaban J connectivity index is 2.75. The van der Waals surface area contributed by atoms with E-state index in [1.807, 2.05) is 6.92 Å². The third-order valence-electron chi connectivity index (χ3n) is 2.71. The van der Waals surface area contributed by atoms with Gasteiger partial charge in [0.2, 0.25) is 0 Å². The van der Waals surface area contributed by atoms with E-state index >= 15 is 0 Å².